The number of nitrogens with two attached hydrogens (primary N) is 1. The van der Waals surface area contributed by atoms with Gasteiger partial charge in [-0.2, -0.15) is 0 Å². The zero-order valence-corrected chi connectivity index (χ0v) is 11.4. The van der Waals surface area contributed by atoms with Crippen LogP contribution < -0.4 is 16.4 Å². The van der Waals surface area contributed by atoms with Crippen molar-refractivity contribution in [3.63, 3.8) is 0 Å². The molecule has 1 aromatic rings. The Bertz CT molecular complexity index is 518. The van der Waals surface area contributed by atoms with Gasteiger partial charge in [-0.25, -0.2) is 9.38 Å². The molecule has 0 spiro atoms. The standard InChI is InChI=1S/C14H19FN4O/c1-20-9-3-7-17-13-6-8-18-14(16,19-13)11-4-2-5-12(15)10-11/h2,4-6,8,10,17,19H,3,7,9,16H2,1H3. The molecule has 1 unspecified atom stereocenters. The number of nitrogens with one attached hydrogen (secondary N) is 2. The second-order valence-electron chi connectivity index (χ2n) is 4.53. The lowest BCUT2D eigenvalue weighted by atomic mass is 10.1. The number of benzene rings is 1. The van der Waals surface area contributed by atoms with E-state index in [0.717, 1.165) is 18.8 Å². The number of hydrogen-bond acceptors (Lipinski definition) is 5. The Kier molecular flexibility index (Phi) is 4.70. The van der Waals surface area contributed by atoms with E-state index in [0.29, 0.717) is 12.2 Å². The zero-order valence-electron chi connectivity index (χ0n) is 11.4. The van der Waals surface area contributed by atoms with Gasteiger partial charge in [0.05, 0.1) is 0 Å². The highest BCUT2D eigenvalue weighted by Crippen LogP contribution is 2.20. The van der Waals surface area contributed by atoms with Gasteiger partial charge in [-0.3, -0.25) is 5.73 Å². The average Bonchev–Trinajstić information content (AvgIpc) is 2.44. The summed E-state index contributed by atoms with van der Waals surface area (Å²) in [6.45, 7) is 1.44. The van der Waals surface area contributed by atoms with Crippen LogP contribution in [0.3, 0.4) is 0 Å². The predicted octanol–water partition coefficient (Wildman–Crippen LogP) is 1.04. The topological polar surface area (TPSA) is 71.7 Å². The molecule has 5 nitrogen and oxygen atoms in total. The monoisotopic (exact) mass is 278 g/mol. The van der Waals surface area contributed by atoms with Crippen LogP contribution in [-0.4, -0.2) is 26.5 Å². The smallest absolute Gasteiger partial charge is 0.210 e. The van der Waals surface area contributed by atoms with Crippen LogP contribution in [0.25, 0.3) is 0 Å². The van der Waals surface area contributed by atoms with E-state index >= 15 is 0 Å². The van der Waals surface area contributed by atoms with E-state index in [1.807, 2.05) is 0 Å². The lowest BCUT2D eigenvalue weighted by molar-refractivity contribution is 0.194. The maximum atomic E-state index is 13.3. The number of rotatable bonds is 6. The van der Waals surface area contributed by atoms with E-state index in [4.69, 9.17) is 10.5 Å². The molecule has 1 aromatic carbocycles. The van der Waals surface area contributed by atoms with Gasteiger partial charge in [-0.1, -0.05) is 12.1 Å². The highest BCUT2D eigenvalue weighted by atomic mass is 19.1. The molecule has 1 heterocycles. The first kappa shape index (κ1) is 14.5. The molecule has 6 heteroatoms. The molecule has 108 valence electrons. The van der Waals surface area contributed by atoms with E-state index in [2.05, 4.69) is 15.6 Å². The fraction of sp³-hybridized carbons (Fsp3) is 0.357. The summed E-state index contributed by atoms with van der Waals surface area (Å²) in [5, 5.41) is 6.27. The zero-order chi connectivity index (χ0) is 14.4. The van der Waals surface area contributed by atoms with E-state index in [1.54, 1.807) is 31.5 Å². The number of hydrogen-bond donors (Lipinski definition) is 3. The summed E-state index contributed by atoms with van der Waals surface area (Å²) in [4.78, 5) is 4.20. The van der Waals surface area contributed by atoms with Gasteiger partial charge in [-0.15, -0.1) is 0 Å². The van der Waals surface area contributed by atoms with E-state index in [1.165, 1.54) is 12.1 Å². The van der Waals surface area contributed by atoms with Crippen LogP contribution in [0, 0.1) is 5.82 Å². The Morgan fingerprint density at radius 1 is 1.50 bits per heavy atom. The van der Waals surface area contributed by atoms with Crippen LogP contribution in [0.5, 0.6) is 0 Å². The highest BCUT2D eigenvalue weighted by Gasteiger charge is 2.28. The molecule has 0 amide bonds. The third-order valence-electron chi connectivity index (χ3n) is 2.95. The molecule has 4 N–H and O–H groups in total. The SMILES string of the molecule is COCCCNC1=CC=NC(N)(c2cccc(F)c2)N1. The van der Waals surface area contributed by atoms with Crippen molar-refractivity contribution in [2.75, 3.05) is 20.3 Å². The Morgan fingerprint density at radius 3 is 3.10 bits per heavy atom. The van der Waals surface area contributed by atoms with Crippen molar-refractivity contribution < 1.29 is 9.13 Å². The molecule has 2 rings (SSSR count). The molecule has 0 fully saturated rings. The van der Waals surface area contributed by atoms with Gasteiger partial charge in [-0.05, 0) is 24.6 Å². The lowest BCUT2D eigenvalue weighted by Gasteiger charge is -2.31. The molecular formula is C14H19FN4O. The van der Waals surface area contributed by atoms with Gasteiger partial charge in [0.15, 0.2) is 0 Å². The van der Waals surface area contributed by atoms with E-state index in [-0.39, 0.29) is 5.82 Å². The van der Waals surface area contributed by atoms with Gasteiger partial charge >= 0.3 is 0 Å². The number of allylic oxidation sites excluding steroid dienone is 1. The van der Waals surface area contributed by atoms with Crippen molar-refractivity contribution in [3.8, 4) is 0 Å². The third-order valence-corrected chi connectivity index (χ3v) is 2.95. The Labute approximate surface area is 117 Å². The first-order chi connectivity index (χ1) is 9.64. The van der Waals surface area contributed by atoms with Crippen LogP contribution in [0.4, 0.5) is 4.39 Å². The van der Waals surface area contributed by atoms with Crippen LogP contribution in [-0.2, 0) is 10.5 Å². The molecule has 1 aliphatic heterocycles. The summed E-state index contributed by atoms with van der Waals surface area (Å²) in [6, 6.07) is 6.10. The van der Waals surface area contributed by atoms with Crippen molar-refractivity contribution >= 4 is 6.21 Å². The largest absolute Gasteiger partial charge is 0.385 e. The second kappa shape index (κ2) is 6.49. The number of methoxy groups -OCH3 is 1. The minimum absolute atomic E-state index is 0.339. The van der Waals surface area contributed by atoms with Gasteiger partial charge in [0.25, 0.3) is 0 Å². The van der Waals surface area contributed by atoms with Gasteiger partial charge in [0.1, 0.15) is 11.6 Å². The average molecular weight is 278 g/mol. The molecule has 0 radical (unpaired) electrons. The summed E-state index contributed by atoms with van der Waals surface area (Å²) >= 11 is 0. The van der Waals surface area contributed by atoms with E-state index in [9.17, 15) is 4.39 Å². The fourth-order valence-corrected chi connectivity index (χ4v) is 1.92. The number of nitrogens with zero attached hydrogens (tertiary/aromatic N) is 1. The molecule has 1 aliphatic rings. The maximum absolute atomic E-state index is 13.3. The molecule has 0 saturated carbocycles. The van der Waals surface area contributed by atoms with Gasteiger partial charge in [0.2, 0.25) is 5.79 Å². The van der Waals surface area contributed by atoms with Gasteiger partial charge < -0.3 is 15.4 Å². The lowest BCUT2D eigenvalue weighted by Crippen LogP contribution is -2.52. The Morgan fingerprint density at radius 2 is 2.35 bits per heavy atom. The number of aliphatic imine (C=N–C) groups is 1. The normalized spacial score (nSPS) is 21.2. The Hall–Kier alpha value is -1.92. The molecule has 0 saturated heterocycles. The molecule has 0 bridgehead atoms. The maximum Gasteiger partial charge on any atom is 0.210 e. The molecular weight excluding hydrogens is 259 g/mol. The second-order valence-corrected chi connectivity index (χ2v) is 4.53. The molecule has 1 atom stereocenters. The van der Waals surface area contributed by atoms with Crippen LogP contribution in [0.1, 0.15) is 12.0 Å². The first-order valence-electron chi connectivity index (χ1n) is 6.45. The van der Waals surface area contributed by atoms with Crippen molar-refractivity contribution in [2.24, 2.45) is 10.7 Å². The van der Waals surface area contributed by atoms with Crippen molar-refractivity contribution in [1.29, 1.82) is 0 Å². The molecule has 20 heavy (non-hydrogen) atoms. The molecule has 0 aliphatic carbocycles. The third kappa shape index (κ3) is 3.55. The van der Waals surface area contributed by atoms with Crippen LogP contribution >= 0.6 is 0 Å². The summed E-state index contributed by atoms with van der Waals surface area (Å²) in [7, 11) is 1.67. The minimum atomic E-state index is -1.15. The summed E-state index contributed by atoms with van der Waals surface area (Å²) in [5.41, 5.74) is 6.76. The highest BCUT2D eigenvalue weighted by molar-refractivity contribution is 5.73. The van der Waals surface area contributed by atoms with Crippen molar-refractivity contribution in [2.45, 2.75) is 12.2 Å². The first-order valence-corrected chi connectivity index (χ1v) is 6.45. The number of ether oxygens (including phenoxy) is 1. The fourth-order valence-electron chi connectivity index (χ4n) is 1.92. The van der Waals surface area contributed by atoms with Crippen molar-refractivity contribution in [1.82, 2.24) is 10.6 Å². The summed E-state index contributed by atoms with van der Waals surface area (Å²) in [5.74, 6) is -0.739. The predicted molar refractivity (Wildman–Crippen MR) is 76.5 cm³/mol. The van der Waals surface area contributed by atoms with Crippen LogP contribution in [0.15, 0.2) is 41.2 Å². The summed E-state index contributed by atoms with van der Waals surface area (Å²) < 4.78 is 18.3. The minimum Gasteiger partial charge on any atom is -0.385 e. The van der Waals surface area contributed by atoms with Crippen molar-refractivity contribution in [3.05, 3.63) is 47.5 Å². The van der Waals surface area contributed by atoms with Gasteiger partial charge in [0, 0.05) is 32.0 Å². The van der Waals surface area contributed by atoms with Crippen LogP contribution in [0.2, 0.25) is 0 Å². The number of halogens is 1. The summed E-state index contributed by atoms with van der Waals surface area (Å²) in [6.07, 6.45) is 4.28. The molecule has 0 aromatic heterocycles. The Balaban J connectivity index is 2.01. The van der Waals surface area contributed by atoms with E-state index < -0.39 is 5.79 Å². The quantitative estimate of drug-likeness (QED) is 0.680.